The van der Waals surface area contributed by atoms with Crippen LogP contribution in [0.4, 0.5) is 0 Å². The highest BCUT2D eigenvalue weighted by molar-refractivity contribution is 5.22. The lowest BCUT2D eigenvalue weighted by atomic mass is 10.1. The van der Waals surface area contributed by atoms with Crippen molar-refractivity contribution >= 4 is 0 Å². The van der Waals surface area contributed by atoms with Crippen LogP contribution in [0.2, 0.25) is 0 Å². The second kappa shape index (κ2) is 10.1. The molecule has 2 aromatic rings. The summed E-state index contributed by atoms with van der Waals surface area (Å²) in [6.07, 6.45) is 1.56. The van der Waals surface area contributed by atoms with Gasteiger partial charge in [-0.05, 0) is 18.7 Å². The Kier molecular flexibility index (Phi) is 7.77. The van der Waals surface area contributed by atoms with Crippen LogP contribution in [-0.4, -0.2) is 51.9 Å². The van der Waals surface area contributed by atoms with Crippen LogP contribution in [-0.2, 0) is 17.9 Å². The number of rotatable bonds is 10. The third kappa shape index (κ3) is 5.66. The van der Waals surface area contributed by atoms with Gasteiger partial charge in [-0.25, -0.2) is 4.79 Å². The van der Waals surface area contributed by atoms with Crippen molar-refractivity contribution in [1.29, 1.82) is 0 Å². The summed E-state index contributed by atoms with van der Waals surface area (Å²) in [5.74, 6) is 0. The monoisotopic (exact) mass is 361 g/mol. The maximum absolute atomic E-state index is 12.1. The first-order valence-corrected chi connectivity index (χ1v) is 8.88. The SMILES string of the molecule is CCN(CC)CC(CO)OCn1cc(Cc2ccccc2)c(=O)[nH]c1=O. The van der Waals surface area contributed by atoms with Crippen molar-refractivity contribution in [3.8, 4) is 0 Å². The minimum absolute atomic E-state index is 0.0239. The number of benzene rings is 1. The van der Waals surface area contributed by atoms with E-state index in [-0.39, 0.29) is 13.3 Å². The van der Waals surface area contributed by atoms with Crippen LogP contribution >= 0.6 is 0 Å². The zero-order valence-corrected chi connectivity index (χ0v) is 15.4. The van der Waals surface area contributed by atoms with Crippen LogP contribution in [0, 0.1) is 0 Å². The smallest absolute Gasteiger partial charge is 0.330 e. The lowest BCUT2D eigenvalue weighted by Crippen LogP contribution is -2.38. The molecule has 1 aromatic carbocycles. The summed E-state index contributed by atoms with van der Waals surface area (Å²) in [5, 5.41) is 9.51. The predicted molar refractivity (Wildman–Crippen MR) is 100 cm³/mol. The van der Waals surface area contributed by atoms with Crippen molar-refractivity contribution in [2.24, 2.45) is 0 Å². The lowest BCUT2D eigenvalue weighted by Gasteiger charge is -2.24. The van der Waals surface area contributed by atoms with Crippen molar-refractivity contribution in [2.45, 2.75) is 33.1 Å². The zero-order valence-electron chi connectivity index (χ0n) is 15.4. The Morgan fingerprint density at radius 3 is 2.50 bits per heavy atom. The Hall–Kier alpha value is -2.22. The molecular weight excluding hydrogens is 334 g/mol. The minimum Gasteiger partial charge on any atom is -0.394 e. The van der Waals surface area contributed by atoms with Gasteiger partial charge in [0.05, 0.1) is 12.7 Å². The minimum atomic E-state index is -0.522. The fraction of sp³-hybridized carbons (Fsp3) is 0.474. The van der Waals surface area contributed by atoms with Gasteiger partial charge in [0.2, 0.25) is 0 Å². The Morgan fingerprint density at radius 1 is 1.19 bits per heavy atom. The molecule has 0 aliphatic rings. The first kappa shape index (κ1) is 20.1. The second-order valence-electron chi connectivity index (χ2n) is 6.13. The highest BCUT2D eigenvalue weighted by Crippen LogP contribution is 2.05. The molecular formula is C19H27N3O4. The van der Waals surface area contributed by atoms with Gasteiger partial charge in [-0.1, -0.05) is 44.2 Å². The third-order valence-electron chi connectivity index (χ3n) is 4.33. The maximum Gasteiger partial charge on any atom is 0.330 e. The van der Waals surface area contributed by atoms with Gasteiger partial charge in [-0.3, -0.25) is 14.3 Å². The number of aromatic amines is 1. The van der Waals surface area contributed by atoms with Gasteiger partial charge < -0.3 is 14.7 Å². The molecule has 1 atom stereocenters. The van der Waals surface area contributed by atoms with E-state index in [4.69, 9.17) is 4.74 Å². The first-order valence-electron chi connectivity index (χ1n) is 8.88. The molecule has 26 heavy (non-hydrogen) atoms. The normalized spacial score (nSPS) is 12.5. The Morgan fingerprint density at radius 2 is 1.88 bits per heavy atom. The topological polar surface area (TPSA) is 87.6 Å². The Bertz CT molecular complexity index is 781. The van der Waals surface area contributed by atoms with Crippen LogP contribution in [0.3, 0.4) is 0 Å². The molecule has 0 bridgehead atoms. The Labute approximate surface area is 152 Å². The van der Waals surface area contributed by atoms with Crippen molar-refractivity contribution in [3.63, 3.8) is 0 Å². The molecule has 0 fully saturated rings. The molecule has 0 spiro atoms. The molecule has 7 nitrogen and oxygen atoms in total. The largest absolute Gasteiger partial charge is 0.394 e. The number of likely N-dealkylation sites (N-methyl/N-ethyl adjacent to an activating group) is 1. The number of hydrogen-bond acceptors (Lipinski definition) is 5. The number of aliphatic hydroxyl groups is 1. The highest BCUT2D eigenvalue weighted by Gasteiger charge is 2.13. The van der Waals surface area contributed by atoms with Gasteiger partial charge in [0.1, 0.15) is 6.73 Å². The van der Waals surface area contributed by atoms with Crippen molar-refractivity contribution in [2.75, 3.05) is 26.2 Å². The standard InChI is InChI=1S/C19H27N3O4/c1-3-21(4-2)12-17(13-23)26-14-22-11-16(18(24)20-19(22)25)10-15-8-6-5-7-9-15/h5-9,11,17,23H,3-4,10,12-14H2,1-2H3,(H,20,24,25). The Balaban J connectivity index is 2.10. The van der Waals surface area contributed by atoms with Gasteiger partial charge in [0.25, 0.3) is 5.56 Å². The van der Waals surface area contributed by atoms with Crippen LogP contribution < -0.4 is 11.2 Å². The summed E-state index contributed by atoms with van der Waals surface area (Å²) in [6, 6.07) is 9.57. The third-order valence-corrected chi connectivity index (χ3v) is 4.33. The highest BCUT2D eigenvalue weighted by atomic mass is 16.5. The van der Waals surface area contributed by atoms with Gasteiger partial charge >= 0.3 is 5.69 Å². The lowest BCUT2D eigenvalue weighted by molar-refractivity contribution is -0.0404. The summed E-state index contributed by atoms with van der Waals surface area (Å²) in [7, 11) is 0. The molecule has 2 N–H and O–H groups in total. The zero-order chi connectivity index (χ0) is 18.9. The van der Waals surface area contributed by atoms with Crippen LogP contribution in [0.5, 0.6) is 0 Å². The van der Waals surface area contributed by atoms with Crippen molar-refractivity contribution < 1.29 is 9.84 Å². The molecule has 1 unspecified atom stereocenters. The number of hydrogen-bond donors (Lipinski definition) is 2. The quantitative estimate of drug-likeness (QED) is 0.654. The van der Waals surface area contributed by atoms with Gasteiger partial charge in [-0.15, -0.1) is 0 Å². The molecule has 2 rings (SSSR count). The van der Waals surface area contributed by atoms with E-state index in [1.807, 2.05) is 44.2 Å². The van der Waals surface area contributed by atoms with E-state index >= 15 is 0 Å². The van der Waals surface area contributed by atoms with E-state index in [9.17, 15) is 14.7 Å². The molecule has 0 amide bonds. The molecule has 0 saturated carbocycles. The van der Waals surface area contributed by atoms with Gasteiger partial charge in [-0.2, -0.15) is 0 Å². The molecule has 1 aromatic heterocycles. The predicted octanol–water partition coefficient (Wildman–Crippen LogP) is 0.804. The van der Waals surface area contributed by atoms with Crippen molar-refractivity contribution in [3.05, 3.63) is 68.5 Å². The molecule has 0 aliphatic carbocycles. The van der Waals surface area contributed by atoms with E-state index in [1.165, 1.54) is 10.8 Å². The summed E-state index contributed by atoms with van der Waals surface area (Å²) < 4.78 is 7.01. The van der Waals surface area contributed by atoms with Crippen LogP contribution in [0.25, 0.3) is 0 Å². The van der Waals surface area contributed by atoms with E-state index < -0.39 is 17.4 Å². The molecule has 7 heteroatoms. The molecule has 142 valence electrons. The number of nitrogens with one attached hydrogen (secondary N) is 1. The van der Waals surface area contributed by atoms with Gasteiger partial charge in [0, 0.05) is 24.7 Å². The molecule has 0 aliphatic heterocycles. The number of nitrogens with zero attached hydrogens (tertiary/aromatic N) is 2. The number of H-pyrrole nitrogens is 1. The van der Waals surface area contributed by atoms with E-state index in [1.54, 1.807) is 0 Å². The number of ether oxygens (including phenoxy) is 1. The van der Waals surface area contributed by atoms with E-state index in [0.29, 0.717) is 18.5 Å². The summed E-state index contributed by atoms with van der Waals surface area (Å²) in [4.78, 5) is 28.6. The van der Waals surface area contributed by atoms with E-state index in [2.05, 4.69) is 9.88 Å². The number of aromatic nitrogens is 2. The molecule has 0 radical (unpaired) electrons. The fourth-order valence-electron chi connectivity index (χ4n) is 2.71. The summed E-state index contributed by atoms with van der Waals surface area (Å²) in [6.45, 7) is 6.22. The second-order valence-corrected chi connectivity index (χ2v) is 6.13. The van der Waals surface area contributed by atoms with Crippen LogP contribution in [0.15, 0.2) is 46.1 Å². The summed E-state index contributed by atoms with van der Waals surface area (Å²) >= 11 is 0. The fourth-order valence-corrected chi connectivity index (χ4v) is 2.71. The first-order chi connectivity index (χ1) is 12.6. The number of aliphatic hydroxyl groups excluding tert-OH is 1. The summed E-state index contributed by atoms with van der Waals surface area (Å²) in [5.41, 5.74) is 0.561. The van der Waals surface area contributed by atoms with E-state index in [0.717, 1.165) is 18.7 Å². The maximum atomic E-state index is 12.1. The average Bonchev–Trinajstić information content (AvgIpc) is 2.66. The van der Waals surface area contributed by atoms with Crippen LogP contribution in [0.1, 0.15) is 25.0 Å². The van der Waals surface area contributed by atoms with Crippen molar-refractivity contribution in [1.82, 2.24) is 14.5 Å². The average molecular weight is 361 g/mol. The van der Waals surface area contributed by atoms with Gasteiger partial charge in [0.15, 0.2) is 0 Å². The molecule has 1 heterocycles. The molecule has 0 saturated heterocycles.